The van der Waals surface area contributed by atoms with E-state index in [0.29, 0.717) is 12.5 Å². The molecule has 2 N–H and O–H groups in total. The predicted molar refractivity (Wildman–Crippen MR) is 67.8 cm³/mol. The van der Waals surface area contributed by atoms with Crippen molar-refractivity contribution in [3.8, 4) is 0 Å². The number of hydrogen-bond acceptors (Lipinski definition) is 3. The van der Waals surface area contributed by atoms with Crippen LogP contribution in [0.25, 0.3) is 0 Å². The van der Waals surface area contributed by atoms with Gasteiger partial charge in [0.25, 0.3) is 0 Å². The zero-order valence-electron chi connectivity index (χ0n) is 10.0. The van der Waals surface area contributed by atoms with Crippen LogP contribution in [0.3, 0.4) is 0 Å². The van der Waals surface area contributed by atoms with Gasteiger partial charge in [0.1, 0.15) is 0 Å². The molecule has 1 aromatic rings. The minimum absolute atomic E-state index is 0.352. The second-order valence-corrected chi connectivity index (χ2v) is 4.62. The number of hydrogen-bond donors (Lipinski definition) is 1. The second-order valence-electron chi connectivity index (χ2n) is 4.62. The molecule has 0 radical (unpaired) electrons. The lowest BCUT2D eigenvalue weighted by atomic mass is 10.1. The van der Waals surface area contributed by atoms with E-state index in [-0.39, 0.29) is 0 Å². The van der Waals surface area contributed by atoms with Crippen molar-refractivity contribution < 1.29 is 0 Å². The van der Waals surface area contributed by atoms with Gasteiger partial charge in [-0.05, 0) is 31.4 Å². The first-order chi connectivity index (χ1) is 7.81. The standard InChI is InChI=1S/C13H21N3/c1-11(10-14)13-9-12(5-6-15-13)16-7-3-2-4-8-16/h5-6,9,11H,2-4,7-8,10,14H2,1H3. The van der Waals surface area contributed by atoms with Gasteiger partial charge in [0.05, 0.1) is 0 Å². The molecule has 16 heavy (non-hydrogen) atoms. The van der Waals surface area contributed by atoms with Gasteiger partial charge in [-0.25, -0.2) is 0 Å². The number of nitrogens with zero attached hydrogens (tertiary/aromatic N) is 2. The van der Waals surface area contributed by atoms with Gasteiger partial charge >= 0.3 is 0 Å². The quantitative estimate of drug-likeness (QED) is 0.847. The largest absolute Gasteiger partial charge is 0.371 e. The Balaban J connectivity index is 2.14. The van der Waals surface area contributed by atoms with Crippen molar-refractivity contribution in [3.63, 3.8) is 0 Å². The molecule has 88 valence electrons. The fourth-order valence-electron chi connectivity index (χ4n) is 2.18. The summed E-state index contributed by atoms with van der Waals surface area (Å²) >= 11 is 0. The van der Waals surface area contributed by atoms with Crippen LogP contribution in [0.15, 0.2) is 18.3 Å². The first-order valence-corrected chi connectivity index (χ1v) is 6.22. The molecule has 0 saturated carbocycles. The fourth-order valence-corrected chi connectivity index (χ4v) is 2.18. The fraction of sp³-hybridized carbons (Fsp3) is 0.615. The molecule has 1 unspecified atom stereocenters. The third-order valence-corrected chi connectivity index (χ3v) is 3.34. The molecule has 3 heteroatoms. The number of piperidine rings is 1. The third kappa shape index (κ3) is 2.53. The number of anilines is 1. The Morgan fingerprint density at radius 2 is 2.12 bits per heavy atom. The monoisotopic (exact) mass is 219 g/mol. The van der Waals surface area contributed by atoms with Crippen LogP contribution in [0.2, 0.25) is 0 Å². The van der Waals surface area contributed by atoms with Crippen molar-refractivity contribution in [3.05, 3.63) is 24.0 Å². The van der Waals surface area contributed by atoms with Crippen LogP contribution < -0.4 is 10.6 Å². The van der Waals surface area contributed by atoms with Crippen molar-refractivity contribution >= 4 is 5.69 Å². The summed E-state index contributed by atoms with van der Waals surface area (Å²) in [6.45, 7) is 5.15. The average molecular weight is 219 g/mol. The van der Waals surface area contributed by atoms with Crippen LogP contribution in [0.1, 0.15) is 37.8 Å². The Kier molecular flexibility index (Phi) is 3.78. The molecular formula is C13H21N3. The summed E-state index contributed by atoms with van der Waals surface area (Å²) in [6.07, 6.45) is 5.90. The highest BCUT2D eigenvalue weighted by Crippen LogP contribution is 2.22. The molecule has 0 bridgehead atoms. The maximum absolute atomic E-state index is 5.68. The molecule has 1 fully saturated rings. The molecule has 3 nitrogen and oxygen atoms in total. The van der Waals surface area contributed by atoms with Crippen LogP contribution in [0.4, 0.5) is 5.69 Å². The zero-order chi connectivity index (χ0) is 11.4. The van der Waals surface area contributed by atoms with Gasteiger partial charge in [-0.2, -0.15) is 0 Å². The number of aromatic nitrogens is 1. The zero-order valence-corrected chi connectivity index (χ0v) is 10.0. The highest BCUT2D eigenvalue weighted by Gasteiger charge is 2.12. The van der Waals surface area contributed by atoms with Crippen molar-refractivity contribution in [2.75, 3.05) is 24.5 Å². The average Bonchev–Trinajstić information content (AvgIpc) is 2.39. The van der Waals surface area contributed by atoms with E-state index in [0.717, 1.165) is 5.69 Å². The summed E-state index contributed by atoms with van der Waals surface area (Å²) in [7, 11) is 0. The van der Waals surface area contributed by atoms with E-state index in [4.69, 9.17) is 5.73 Å². The van der Waals surface area contributed by atoms with E-state index in [2.05, 4.69) is 28.9 Å². The molecule has 0 aromatic carbocycles. The lowest BCUT2D eigenvalue weighted by Crippen LogP contribution is -2.29. The van der Waals surface area contributed by atoms with Crippen LogP contribution in [0.5, 0.6) is 0 Å². The van der Waals surface area contributed by atoms with Gasteiger partial charge in [-0.1, -0.05) is 6.92 Å². The summed E-state index contributed by atoms with van der Waals surface area (Å²) in [5.41, 5.74) is 8.11. The Hall–Kier alpha value is -1.09. The molecule has 2 heterocycles. The van der Waals surface area contributed by atoms with Crippen LogP contribution in [-0.2, 0) is 0 Å². The first-order valence-electron chi connectivity index (χ1n) is 6.22. The van der Waals surface area contributed by atoms with E-state index in [1.807, 2.05) is 6.20 Å². The van der Waals surface area contributed by atoms with E-state index in [9.17, 15) is 0 Å². The Morgan fingerprint density at radius 3 is 2.81 bits per heavy atom. The van der Waals surface area contributed by atoms with Crippen molar-refractivity contribution in [1.82, 2.24) is 4.98 Å². The molecule has 1 aromatic heterocycles. The highest BCUT2D eigenvalue weighted by molar-refractivity contribution is 5.47. The normalized spacial score (nSPS) is 18.5. The molecule has 0 aliphatic carbocycles. The van der Waals surface area contributed by atoms with Gasteiger partial charge < -0.3 is 10.6 Å². The van der Waals surface area contributed by atoms with Gasteiger partial charge in [0, 0.05) is 43.1 Å². The lowest BCUT2D eigenvalue weighted by Gasteiger charge is -2.29. The van der Waals surface area contributed by atoms with Gasteiger partial charge in [-0.3, -0.25) is 4.98 Å². The summed E-state index contributed by atoms with van der Waals surface area (Å²) in [5, 5.41) is 0. The number of rotatable bonds is 3. The van der Waals surface area contributed by atoms with Crippen LogP contribution >= 0.6 is 0 Å². The van der Waals surface area contributed by atoms with Gasteiger partial charge in [0.2, 0.25) is 0 Å². The third-order valence-electron chi connectivity index (χ3n) is 3.34. The van der Waals surface area contributed by atoms with E-state index < -0.39 is 0 Å². The Labute approximate surface area is 97.7 Å². The Morgan fingerprint density at radius 1 is 1.38 bits per heavy atom. The summed E-state index contributed by atoms with van der Waals surface area (Å²) in [5.74, 6) is 0.352. The molecule has 1 saturated heterocycles. The SMILES string of the molecule is CC(CN)c1cc(N2CCCCC2)ccn1. The second kappa shape index (κ2) is 5.30. The van der Waals surface area contributed by atoms with Gasteiger partial charge in [-0.15, -0.1) is 0 Å². The van der Waals surface area contributed by atoms with Gasteiger partial charge in [0.15, 0.2) is 0 Å². The first kappa shape index (κ1) is 11.4. The molecule has 0 spiro atoms. The van der Waals surface area contributed by atoms with E-state index in [1.54, 1.807) is 0 Å². The molecule has 1 aliphatic heterocycles. The smallest absolute Gasteiger partial charge is 0.0464 e. The minimum Gasteiger partial charge on any atom is -0.371 e. The minimum atomic E-state index is 0.352. The number of nitrogens with two attached hydrogens (primary N) is 1. The summed E-state index contributed by atoms with van der Waals surface area (Å²) in [6, 6.07) is 4.31. The van der Waals surface area contributed by atoms with E-state index in [1.165, 1.54) is 38.0 Å². The highest BCUT2D eigenvalue weighted by atomic mass is 15.1. The molecule has 2 rings (SSSR count). The maximum atomic E-state index is 5.68. The lowest BCUT2D eigenvalue weighted by molar-refractivity contribution is 0.577. The Bertz CT molecular complexity index is 332. The van der Waals surface area contributed by atoms with E-state index >= 15 is 0 Å². The van der Waals surface area contributed by atoms with Crippen molar-refractivity contribution in [1.29, 1.82) is 0 Å². The molecule has 1 atom stereocenters. The van der Waals surface area contributed by atoms with Crippen molar-refractivity contribution in [2.24, 2.45) is 5.73 Å². The molecular weight excluding hydrogens is 198 g/mol. The predicted octanol–water partition coefficient (Wildman–Crippen LogP) is 2.13. The van der Waals surface area contributed by atoms with Crippen molar-refractivity contribution in [2.45, 2.75) is 32.1 Å². The summed E-state index contributed by atoms with van der Waals surface area (Å²) < 4.78 is 0. The topological polar surface area (TPSA) is 42.1 Å². The summed E-state index contributed by atoms with van der Waals surface area (Å²) in [4.78, 5) is 6.85. The maximum Gasteiger partial charge on any atom is 0.0464 e. The molecule has 0 amide bonds. The van der Waals surface area contributed by atoms with Crippen LogP contribution in [-0.4, -0.2) is 24.6 Å². The molecule has 1 aliphatic rings. The number of pyridine rings is 1. The van der Waals surface area contributed by atoms with Crippen LogP contribution in [0, 0.1) is 0 Å².